The molecule has 5 nitrogen and oxygen atoms in total. The first-order valence-electron chi connectivity index (χ1n) is 7.64. The van der Waals surface area contributed by atoms with Gasteiger partial charge in [-0.05, 0) is 44.4 Å². The van der Waals surface area contributed by atoms with E-state index in [2.05, 4.69) is 15.3 Å². The van der Waals surface area contributed by atoms with Crippen LogP contribution in [-0.2, 0) is 0 Å². The molecule has 1 amide bonds. The average molecular weight is 296 g/mol. The van der Waals surface area contributed by atoms with E-state index in [1.165, 1.54) is 12.8 Å². The van der Waals surface area contributed by atoms with Gasteiger partial charge in [-0.15, -0.1) is 0 Å². The second kappa shape index (κ2) is 6.13. The van der Waals surface area contributed by atoms with E-state index in [0.29, 0.717) is 24.1 Å². The van der Waals surface area contributed by atoms with Gasteiger partial charge in [-0.25, -0.2) is 9.97 Å². The summed E-state index contributed by atoms with van der Waals surface area (Å²) in [7, 11) is 0. The Morgan fingerprint density at radius 2 is 2.05 bits per heavy atom. The highest BCUT2D eigenvalue weighted by Gasteiger charge is 2.22. The molecule has 1 N–H and O–H groups in total. The van der Waals surface area contributed by atoms with Crippen LogP contribution >= 0.6 is 0 Å². The van der Waals surface area contributed by atoms with Crippen molar-refractivity contribution in [3.63, 3.8) is 0 Å². The van der Waals surface area contributed by atoms with Crippen molar-refractivity contribution < 1.29 is 4.79 Å². The Kier molecular flexibility index (Phi) is 4.04. The van der Waals surface area contributed by atoms with Gasteiger partial charge in [-0.1, -0.05) is 12.1 Å². The Balaban J connectivity index is 1.78. The fourth-order valence-corrected chi connectivity index (χ4v) is 2.32. The molecule has 0 aliphatic heterocycles. The number of rotatable bonds is 5. The van der Waals surface area contributed by atoms with E-state index >= 15 is 0 Å². The fraction of sp³-hybridized carbons (Fsp3) is 0.353. The molecule has 0 bridgehead atoms. The second-order valence-corrected chi connectivity index (χ2v) is 5.60. The van der Waals surface area contributed by atoms with Gasteiger partial charge in [0.05, 0.1) is 5.56 Å². The van der Waals surface area contributed by atoms with E-state index < -0.39 is 0 Å². The Morgan fingerprint density at radius 3 is 2.64 bits per heavy atom. The predicted octanol–water partition coefficient (Wildman–Crippen LogP) is 3.03. The number of carbonyl (C=O) groups excluding carboxylic acids is 1. The van der Waals surface area contributed by atoms with E-state index in [-0.39, 0.29) is 5.91 Å². The van der Waals surface area contributed by atoms with Crippen LogP contribution in [-0.4, -0.2) is 28.5 Å². The van der Waals surface area contributed by atoms with E-state index in [1.54, 1.807) is 17.3 Å². The summed E-state index contributed by atoms with van der Waals surface area (Å²) in [5.74, 6) is 0.517. The normalized spacial score (nSPS) is 13.7. The van der Waals surface area contributed by atoms with Crippen molar-refractivity contribution in [2.24, 2.45) is 0 Å². The van der Waals surface area contributed by atoms with Crippen LogP contribution in [0.15, 0.2) is 36.7 Å². The Bertz CT molecular complexity index is 665. The van der Waals surface area contributed by atoms with Crippen molar-refractivity contribution >= 4 is 17.5 Å². The van der Waals surface area contributed by atoms with Crippen LogP contribution in [0.1, 0.15) is 35.7 Å². The highest BCUT2D eigenvalue weighted by atomic mass is 16.2. The van der Waals surface area contributed by atoms with Crippen molar-refractivity contribution in [2.45, 2.75) is 32.7 Å². The van der Waals surface area contributed by atoms with Crippen molar-refractivity contribution in [3.8, 4) is 0 Å². The predicted molar refractivity (Wildman–Crippen MR) is 87.2 cm³/mol. The lowest BCUT2D eigenvalue weighted by molar-refractivity contribution is 0.0987. The number of amides is 1. The van der Waals surface area contributed by atoms with Gasteiger partial charge in [-0.2, -0.15) is 0 Å². The Hall–Kier alpha value is -2.43. The maximum absolute atomic E-state index is 12.7. The lowest BCUT2D eigenvalue weighted by Gasteiger charge is -2.21. The van der Waals surface area contributed by atoms with Gasteiger partial charge in [0.15, 0.2) is 0 Å². The molecule has 0 radical (unpaired) electrons. The lowest BCUT2D eigenvalue weighted by Crippen LogP contribution is -2.30. The van der Waals surface area contributed by atoms with Crippen LogP contribution in [0.25, 0.3) is 0 Å². The number of carbonyl (C=O) groups is 1. The zero-order valence-corrected chi connectivity index (χ0v) is 12.9. The smallest absolute Gasteiger partial charge is 0.261 e. The zero-order valence-electron chi connectivity index (χ0n) is 12.9. The third-order valence-corrected chi connectivity index (χ3v) is 3.68. The Morgan fingerprint density at radius 1 is 1.32 bits per heavy atom. The van der Waals surface area contributed by atoms with Crippen LogP contribution < -0.4 is 10.2 Å². The van der Waals surface area contributed by atoms with Crippen LogP contribution in [0.5, 0.6) is 0 Å². The first-order chi connectivity index (χ1) is 10.7. The summed E-state index contributed by atoms with van der Waals surface area (Å²) in [5, 5.41) is 3.22. The van der Waals surface area contributed by atoms with Crippen molar-refractivity contribution in [2.75, 3.05) is 16.8 Å². The van der Waals surface area contributed by atoms with Gasteiger partial charge in [-0.3, -0.25) is 4.79 Å². The third-order valence-electron chi connectivity index (χ3n) is 3.68. The molecule has 114 valence electrons. The van der Waals surface area contributed by atoms with Crippen molar-refractivity contribution in [3.05, 3.63) is 47.8 Å². The molecule has 22 heavy (non-hydrogen) atoms. The summed E-state index contributed by atoms with van der Waals surface area (Å²) in [6.45, 7) is 4.58. The number of aromatic nitrogens is 2. The van der Waals surface area contributed by atoms with Crippen LogP contribution in [0, 0.1) is 6.92 Å². The topological polar surface area (TPSA) is 58.1 Å². The largest absolute Gasteiger partial charge is 0.351 e. The minimum Gasteiger partial charge on any atom is -0.351 e. The number of hydrogen-bond acceptors (Lipinski definition) is 4. The zero-order chi connectivity index (χ0) is 15.5. The summed E-state index contributed by atoms with van der Waals surface area (Å²) in [6.07, 6.45) is 5.53. The maximum atomic E-state index is 12.7. The summed E-state index contributed by atoms with van der Waals surface area (Å²) in [5.41, 5.74) is 2.53. The molecule has 0 spiro atoms. The lowest BCUT2D eigenvalue weighted by atomic mass is 10.2. The summed E-state index contributed by atoms with van der Waals surface area (Å²) >= 11 is 0. The Labute approximate surface area is 130 Å². The standard InChI is InChI=1S/C17H20N4O/c1-3-21(15-6-4-5-12(2)9-15)16(22)13-10-18-17(19-11-13)20-14-7-8-14/h4-6,9-11,14H,3,7-8H2,1-2H3,(H,18,19,20). The monoisotopic (exact) mass is 296 g/mol. The molecule has 1 saturated carbocycles. The number of anilines is 2. The van der Waals surface area contributed by atoms with Crippen molar-refractivity contribution in [1.29, 1.82) is 0 Å². The van der Waals surface area contributed by atoms with Gasteiger partial charge in [0.2, 0.25) is 5.95 Å². The number of nitrogens with zero attached hydrogens (tertiary/aromatic N) is 3. The van der Waals surface area contributed by atoms with E-state index in [0.717, 1.165) is 11.3 Å². The number of aryl methyl sites for hydroxylation is 1. The van der Waals surface area contributed by atoms with E-state index in [9.17, 15) is 4.79 Å². The molecule has 5 heteroatoms. The molecule has 1 aliphatic carbocycles. The van der Waals surface area contributed by atoms with Crippen LogP contribution in [0.3, 0.4) is 0 Å². The number of hydrogen-bond donors (Lipinski definition) is 1. The summed E-state index contributed by atoms with van der Waals surface area (Å²) in [6, 6.07) is 8.42. The van der Waals surface area contributed by atoms with Crippen LogP contribution in [0.4, 0.5) is 11.6 Å². The quantitative estimate of drug-likeness (QED) is 0.921. The average Bonchev–Trinajstić information content (AvgIpc) is 3.33. The number of nitrogens with one attached hydrogen (secondary N) is 1. The molecule has 0 unspecified atom stereocenters. The fourth-order valence-electron chi connectivity index (χ4n) is 2.32. The number of benzene rings is 1. The molecule has 2 aromatic rings. The SMILES string of the molecule is CCN(C(=O)c1cnc(NC2CC2)nc1)c1cccc(C)c1. The molecule has 0 saturated heterocycles. The molecule has 1 aliphatic rings. The van der Waals surface area contributed by atoms with Gasteiger partial charge in [0.25, 0.3) is 5.91 Å². The van der Waals surface area contributed by atoms with Crippen LogP contribution in [0.2, 0.25) is 0 Å². The molecular formula is C17H20N4O. The first-order valence-corrected chi connectivity index (χ1v) is 7.64. The van der Waals surface area contributed by atoms with E-state index in [1.807, 2.05) is 38.1 Å². The van der Waals surface area contributed by atoms with Crippen molar-refractivity contribution in [1.82, 2.24) is 9.97 Å². The van der Waals surface area contributed by atoms with Gasteiger partial charge in [0.1, 0.15) is 0 Å². The molecule has 1 fully saturated rings. The highest BCUT2D eigenvalue weighted by Crippen LogP contribution is 2.23. The molecule has 3 rings (SSSR count). The molecule has 1 heterocycles. The summed E-state index contributed by atoms with van der Waals surface area (Å²) in [4.78, 5) is 22.9. The van der Waals surface area contributed by atoms with Gasteiger partial charge in [0, 0.05) is 30.7 Å². The molecule has 1 aromatic heterocycles. The van der Waals surface area contributed by atoms with Gasteiger partial charge < -0.3 is 10.2 Å². The molecular weight excluding hydrogens is 276 g/mol. The molecule has 1 aromatic carbocycles. The van der Waals surface area contributed by atoms with E-state index in [4.69, 9.17) is 0 Å². The summed E-state index contributed by atoms with van der Waals surface area (Å²) < 4.78 is 0. The minimum absolute atomic E-state index is 0.0777. The highest BCUT2D eigenvalue weighted by molar-refractivity contribution is 6.05. The molecule has 0 atom stereocenters. The first kappa shape index (κ1) is 14.5. The maximum Gasteiger partial charge on any atom is 0.261 e. The third kappa shape index (κ3) is 3.24. The second-order valence-electron chi connectivity index (χ2n) is 5.60. The van der Waals surface area contributed by atoms with Gasteiger partial charge >= 0.3 is 0 Å². The minimum atomic E-state index is -0.0777.